The van der Waals surface area contributed by atoms with E-state index < -0.39 is 0 Å². The number of thiazole rings is 1. The lowest BCUT2D eigenvalue weighted by atomic mass is 10.2. The average molecular weight is 295 g/mol. The van der Waals surface area contributed by atoms with Crippen LogP contribution in [0.3, 0.4) is 0 Å². The molecule has 1 aliphatic rings. The van der Waals surface area contributed by atoms with E-state index in [0.717, 1.165) is 18.0 Å². The molecule has 0 N–H and O–H groups in total. The molecule has 2 rings (SSSR count). The molecule has 0 aromatic carbocycles. The van der Waals surface area contributed by atoms with Crippen molar-refractivity contribution in [2.45, 2.75) is 58.2 Å². The number of aromatic nitrogens is 1. The number of likely N-dealkylation sites (tertiary alicyclic amines) is 1. The highest BCUT2D eigenvalue weighted by Crippen LogP contribution is 2.26. The normalized spacial score (nSPS) is 24.8. The van der Waals surface area contributed by atoms with E-state index in [9.17, 15) is 4.79 Å². The smallest absolute Gasteiger partial charge is 0.239 e. The Balaban J connectivity index is 1.89. The van der Waals surface area contributed by atoms with Gasteiger partial charge in [0.15, 0.2) is 0 Å². The molecule has 1 saturated heterocycles. The van der Waals surface area contributed by atoms with Crippen molar-refractivity contribution < 1.29 is 4.79 Å². The summed E-state index contributed by atoms with van der Waals surface area (Å²) < 4.78 is 0. The van der Waals surface area contributed by atoms with Crippen LogP contribution in [0.5, 0.6) is 0 Å². The Hall–Kier alpha value is -0.940. The molecule has 0 saturated carbocycles. The lowest BCUT2D eigenvalue weighted by molar-refractivity contribution is -0.136. The fraction of sp³-hybridized carbons (Fsp3) is 0.733. The average Bonchev–Trinajstić information content (AvgIpc) is 3.05. The van der Waals surface area contributed by atoms with Gasteiger partial charge in [-0.25, -0.2) is 4.98 Å². The Morgan fingerprint density at radius 1 is 1.50 bits per heavy atom. The zero-order valence-electron chi connectivity index (χ0n) is 12.9. The van der Waals surface area contributed by atoms with E-state index in [1.807, 2.05) is 30.4 Å². The molecule has 20 heavy (non-hydrogen) atoms. The molecule has 2 heterocycles. The highest BCUT2D eigenvalue weighted by atomic mass is 32.1. The van der Waals surface area contributed by atoms with Gasteiger partial charge >= 0.3 is 0 Å². The van der Waals surface area contributed by atoms with Gasteiger partial charge in [-0.05, 0) is 33.6 Å². The monoisotopic (exact) mass is 295 g/mol. The van der Waals surface area contributed by atoms with Crippen molar-refractivity contribution in [2.24, 2.45) is 0 Å². The summed E-state index contributed by atoms with van der Waals surface area (Å²) in [5.41, 5.74) is 0. The molecule has 0 bridgehead atoms. The fourth-order valence-electron chi connectivity index (χ4n) is 3.17. The van der Waals surface area contributed by atoms with E-state index in [4.69, 9.17) is 0 Å². The van der Waals surface area contributed by atoms with Gasteiger partial charge in [0.2, 0.25) is 5.91 Å². The molecule has 1 aliphatic heterocycles. The van der Waals surface area contributed by atoms with Gasteiger partial charge < -0.3 is 4.90 Å². The quantitative estimate of drug-likeness (QED) is 0.837. The Kier molecular flexibility index (Phi) is 5.16. The van der Waals surface area contributed by atoms with Gasteiger partial charge in [-0.15, -0.1) is 11.3 Å². The minimum absolute atomic E-state index is 0.0243. The first-order chi connectivity index (χ1) is 9.50. The molecule has 0 radical (unpaired) electrons. The van der Waals surface area contributed by atoms with Crippen molar-refractivity contribution in [3.05, 3.63) is 16.6 Å². The lowest BCUT2D eigenvalue weighted by Crippen LogP contribution is -2.49. The van der Waals surface area contributed by atoms with Gasteiger partial charge in [0.1, 0.15) is 0 Å². The molecule has 3 atom stereocenters. The number of hydrogen-bond donors (Lipinski definition) is 0. The molecule has 112 valence electrons. The zero-order valence-corrected chi connectivity index (χ0v) is 13.7. The SMILES string of the molecule is C[C@@H]1CC[C@@H](C)N1[C@H](C)C(=O)N(C)CCc1nccs1. The summed E-state index contributed by atoms with van der Waals surface area (Å²) in [4.78, 5) is 21.0. The predicted molar refractivity (Wildman–Crippen MR) is 82.9 cm³/mol. The molecule has 1 aromatic rings. The highest BCUT2D eigenvalue weighted by Gasteiger charge is 2.35. The summed E-state index contributed by atoms with van der Waals surface area (Å²) in [6.45, 7) is 7.24. The van der Waals surface area contributed by atoms with Gasteiger partial charge in [-0.1, -0.05) is 0 Å². The maximum Gasteiger partial charge on any atom is 0.239 e. The van der Waals surface area contributed by atoms with Crippen molar-refractivity contribution in [3.63, 3.8) is 0 Å². The van der Waals surface area contributed by atoms with Crippen molar-refractivity contribution in [3.8, 4) is 0 Å². The van der Waals surface area contributed by atoms with Crippen molar-refractivity contribution in [1.29, 1.82) is 0 Å². The van der Waals surface area contributed by atoms with Gasteiger partial charge in [0, 0.05) is 43.7 Å². The lowest BCUT2D eigenvalue weighted by Gasteiger charge is -2.34. The maximum absolute atomic E-state index is 12.5. The minimum atomic E-state index is -0.0243. The number of hydrogen-bond acceptors (Lipinski definition) is 4. The van der Waals surface area contributed by atoms with Crippen LogP contribution in [0.25, 0.3) is 0 Å². The molecule has 1 fully saturated rings. The van der Waals surface area contributed by atoms with E-state index >= 15 is 0 Å². The standard InChI is InChI=1S/C15H25N3OS/c1-11-5-6-12(2)18(11)13(3)15(19)17(4)9-7-14-16-8-10-20-14/h8,10-13H,5-7,9H2,1-4H3/t11-,12-,13-/m1/s1. The Morgan fingerprint density at radius 2 is 2.15 bits per heavy atom. The van der Waals surface area contributed by atoms with Crippen LogP contribution < -0.4 is 0 Å². The summed E-state index contributed by atoms with van der Waals surface area (Å²) in [6.07, 6.45) is 5.05. The Morgan fingerprint density at radius 3 is 2.70 bits per heavy atom. The minimum Gasteiger partial charge on any atom is -0.344 e. The van der Waals surface area contributed by atoms with E-state index in [1.54, 1.807) is 11.3 Å². The van der Waals surface area contributed by atoms with Crippen molar-refractivity contribution in [2.75, 3.05) is 13.6 Å². The Labute approximate surface area is 125 Å². The second-order valence-electron chi connectivity index (χ2n) is 5.83. The van der Waals surface area contributed by atoms with Crippen molar-refractivity contribution in [1.82, 2.24) is 14.8 Å². The third kappa shape index (κ3) is 3.38. The van der Waals surface area contributed by atoms with Crippen LogP contribution in [-0.4, -0.2) is 52.4 Å². The number of amides is 1. The number of likely N-dealkylation sites (N-methyl/N-ethyl adjacent to an activating group) is 1. The number of rotatable bonds is 5. The van der Waals surface area contributed by atoms with Gasteiger partial charge in [0.25, 0.3) is 0 Å². The van der Waals surface area contributed by atoms with E-state index in [2.05, 4.69) is 23.7 Å². The predicted octanol–water partition coefficient (Wildman–Crippen LogP) is 2.41. The second kappa shape index (κ2) is 6.68. The first kappa shape index (κ1) is 15.4. The molecular formula is C15H25N3OS. The molecule has 1 aromatic heterocycles. The zero-order chi connectivity index (χ0) is 14.7. The van der Waals surface area contributed by atoms with E-state index in [0.29, 0.717) is 12.1 Å². The molecule has 0 spiro atoms. The van der Waals surface area contributed by atoms with Crippen LogP contribution in [0, 0.1) is 0 Å². The first-order valence-electron chi connectivity index (χ1n) is 7.41. The van der Waals surface area contributed by atoms with Crippen LogP contribution >= 0.6 is 11.3 Å². The molecule has 4 nitrogen and oxygen atoms in total. The molecule has 0 aliphatic carbocycles. The van der Waals surface area contributed by atoms with E-state index in [1.165, 1.54) is 12.8 Å². The van der Waals surface area contributed by atoms with Crippen LogP contribution in [0.4, 0.5) is 0 Å². The van der Waals surface area contributed by atoms with Gasteiger partial charge in [-0.3, -0.25) is 9.69 Å². The molecule has 1 amide bonds. The third-order valence-corrected chi connectivity index (χ3v) is 5.18. The summed E-state index contributed by atoms with van der Waals surface area (Å²) in [5.74, 6) is 0.224. The number of carbonyl (C=O) groups is 1. The van der Waals surface area contributed by atoms with Crippen LogP contribution in [0.15, 0.2) is 11.6 Å². The fourth-order valence-corrected chi connectivity index (χ4v) is 3.78. The van der Waals surface area contributed by atoms with Gasteiger partial charge in [0.05, 0.1) is 11.0 Å². The Bertz CT molecular complexity index is 424. The molecular weight excluding hydrogens is 270 g/mol. The van der Waals surface area contributed by atoms with Crippen LogP contribution in [0.2, 0.25) is 0 Å². The van der Waals surface area contributed by atoms with Crippen LogP contribution in [-0.2, 0) is 11.2 Å². The topological polar surface area (TPSA) is 36.4 Å². The molecule has 0 unspecified atom stereocenters. The summed E-state index contributed by atoms with van der Waals surface area (Å²) in [7, 11) is 1.90. The van der Waals surface area contributed by atoms with E-state index in [-0.39, 0.29) is 11.9 Å². The largest absolute Gasteiger partial charge is 0.344 e. The first-order valence-corrected chi connectivity index (χ1v) is 8.29. The third-order valence-electron chi connectivity index (χ3n) is 4.35. The highest BCUT2D eigenvalue weighted by molar-refractivity contribution is 7.09. The summed E-state index contributed by atoms with van der Waals surface area (Å²) in [6, 6.07) is 0.997. The number of carbonyl (C=O) groups excluding carboxylic acids is 1. The maximum atomic E-state index is 12.5. The summed E-state index contributed by atoms with van der Waals surface area (Å²) >= 11 is 1.65. The van der Waals surface area contributed by atoms with Crippen LogP contribution in [0.1, 0.15) is 38.6 Å². The number of nitrogens with zero attached hydrogens (tertiary/aromatic N) is 3. The second-order valence-corrected chi connectivity index (χ2v) is 6.81. The molecule has 5 heteroatoms. The van der Waals surface area contributed by atoms with Gasteiger partial charge in [-0.2, -0.15) is 0 Å². The van der Waals surface area contributed by atoms with Crippen molar-refractivity contribution >= 4 is 17.2 Å². The summed E-state index contributed by atoms with van der Waals surface area (Å²) in [5, 5.41) is 3.08.